The van der Waals surface area contributed by atoms with Crippen LogP contribution in [0, 0.1) is 18.3 Å². The first-order chi connectivity index (χ1) is 8.24. The van der Waals surface area contributed by atoms with Gasteiger partial charge in [0.25, 0.3) is 0 Å². The van der Waals surface area contributed by atoms with Gasteiger partial charge in [-0.15, -0.1) is 6.42 Å². The lowest BCUT2D eigenvalue weighted by atomic mass is 10.2. The van der Waals surface area contributed by atoms with E-state index in [-0.39, 0.29) is 6.61 Å². The van der Waals surface area contributed by atoms with Crippen LogP contribution in [-0.4, -0.2) is 23.2 Å². The summed E-state index contributed by atoms with van der Waals surface area (Å²) in [6.07, 6.45) is 9.52. The standard InChI is InChI=1S/C13H15ClN2O/c1-2-5-16(8-10-3-4-10)13-12(14)6-11(9-17)7-15-13/h1,6-7,10,17H,3-5,8-9H2. The molecular formula is C13H15ClN2O. The molecule has 1 aliphatic carbocycles. The summed E-state index contributed by atoms with van der Waals surface area (Å²) < 4.78 is 0. The van der Waals surface area contributed by atoms with Gasteiger partial charge >= 0.3 is 0 Å². The van der Waals surface area contributed by atoms with Crippen molar-refractivity contribution >= 4 is 17.4 Å². The molecule has 90 valence electrons. The van der Waals surface area contributed by atoms with E-state index in [0.29, 0.717) is 22.9 Å². The van der Waals surface area contributed by atoms with E-state index in [2.05, 4.69) is 10.9 Å². The highest BCUT2D eigenvalue weighted by atomic mass is 35.5. The van der Waals surface area contributed by atoms with Crippen LogP contribution in [0.25, 0.3) is 0 Å². The van der Waals surface area contributed by atoms with Crippen LogP contribution >= 0.6 is 11.6 Å². The van der Waals surface area contributed by atoms with Gasteiger partial charge in [0.15, 0.2) is 0 Å². The quantitative estimate of drug-likeness (QED) is 0.813. The van der Waals surface area contributed by atoms with E-state index < -0.39 is 0 Å². The molecule has 0 spiro atoms. The average molecular weight is 251 g/mol. The van der Waals surface area contributed by atoms with Crippen molar-refractivity contribution in [2.45, 2.75) is 19.4 Å². The van der Waals surface area contributed by atoms with Crippen LogP contribution in [0.3, 0.4) is 0 Å². The first kappa shape index (κ1) is 12.2. The third-order valence-corrected chi connectivity index (χ3v) is 3.10. The maximum Gasteiger partial charge on any atom is 0.148 e. The van der Waals surface area contributed by atoms with Gasteiger partial charge in [0.05, 0.1) is 18.2 Å². The predicted octanol–water partition coefficient (Wildman–Crippen LogP) is 2.08. The normalized spacial score (nSPS) is 14.4. The number of halogens is 1. The highest BCUT2D eigenvalue weighted by Gasteiger charge is 2.25. The minimum Gasteiger partial charge on any atom is -0.392 e. The van der Waals surface area contributed by atoms with Gasteiger partial charge in [-0.05, 0) is 30.4 Å². The lowest BCUT2D eigenvalue weighted by molar-refractivity contribution is 0.281. The molecule has 0 amide bonds. The predicted molar refractivity (Wildman–Crippen MR) is 68.9 cm³/mol. The Morgan fingerprint density at radius 3 is 2.88 bits per heavy atom. The van der Waals surface area contributed by atoms with E-state index >= 15 is 0 Å². The summed E-state index contributed by atoms with van der Waals surface area (Å²) in [6, 6.07) is 1.74. The summed E-state index contributed by atoms with van der Waals surface area (Å²) in [5.74, 6) is 4.07. The Balaban J connectivity index is 2.19. The van der Waals surface area contributed by atoms with Crippen molar-refractivity contribution in [3.63, 3.8) is 0 Å². The fraction of sp³-hybridized carbons (Fsp3) is 0.462. The van der Waals surface area contributed by atoms with Crippen molar-refractivity contribution in [2.75, 3.05) is 18.0 Å². The molecule has 0 aliphatic heterocycles. The van der Waals surface area contributed by atoms with Crippen molar-refractivity contribution in [3.8, 4) is 12.3 Å². The third kappa shape index (κ3) is 3.12. The Morgan fingerprint density at radius 2 is 2.35 bits per heavy atom. The summed E-state index contributed by atoms with van der Waals surface area (Å²) in [6.45, 7) is 1.38. The van der Waals surface area contributed by atoms with Crippen LogP contribution in [0.1, 0.15) is 18.4 Å². The maximum atomic E-state index is 9.01. The second kappa shape index (κ2) is 5.39. The van der Waals surface area contributed by atoms with Gasteiger partial charge in [0, 0.05) is 12.7 Å². The number of anilines is 1. The molecule has 0 atom stereocenters. The smallest absolute Gasteiger partial charge is 0.148 e. The lowest BCUT2D eigenvalue weighted by Crippen LogP contribution is -2.27. The molecule has 3 nitrogen and oxygen atoms in total. The van der Waals surface area contributed by atoms with Gasteiger partial charge in [-0.1, -0.05) is 17.5 Å². The molecule has 0 radical (unpaired) electrons. The Bertz CT molecular complexity index is 438. The second-order valence-corrected chi connectivity index (χ2v) is 4.74. The third-order valence-electron chi connectivity index (χ3n) is 2.82. The van der Waals surface area contributed by atoms with Crippen molar-refractivity contribution < 1.29 is 5.11 Å². The van der Waals surface area contributed by atoms with Gasteiger partial charge in [-0.3, -0.25) is 0 Å². The average Bonchev–Trinajstić information content (AvgIpc) is 3.12. The zero-order valence-corrected chi connectivity index (χ0v) is 10.3. The lowest BCUT2D eigenvalue weighted by Gasteiger charge is -2.22. The fourth-order valence-electron chi connectivity index (χ4n) is 1.74. The SMILES string of the molecule is C#CCN(CC1CC1)c1ncc(CO)cc1Cl. The zero-order chi connectivity index (χ0) is 12.3. The summed E-state index contributed by atoms with van der Waals surface area (Å²) in [5.41, 5.74) is 0.714. The Labute approximate surface area is 106 Å². The number of rotatable bonds is 5. The molecule has 1 heterocycles. The number of aliphatic hydroxyl groups is 1. The van der Waals surface area contributed by atoms with Crippen LogP contribution in [0.4, 0.5) is 5.82 Å². The molecule has 1 aromatic heterocycles. The number of hydrogen-bond donors (Lipinski definition) is 1. The van der Waals surface area contributed by atoms with E-state index in [9.17, 15) is 0 Å². The Hall–Kier alpha value is -1.24. The molecule has 0 unspecified atom stereocenters. The highest BCUT2D eigenvalue weighted by molar-refractivity contribution is 6.33. The molecule has 1 aromatic rings. The minimum atomic E-state index is -0.0508. The van der Waals surface area contributed by atoms with Crippen LogP contribution in [0.5, 0.6) is 0 Å². The summed E-state index contributed by atoms with van der Waals surface area (Å²) in [5, 5.41) is 9.55. The summed E-state index contributed by atoms with van der Waals surface area (Å²) in [7, 11) is 0. The second-order valence-electron chi connectivity index (χ2n) is 4.34. The molecule has 0 bridgehead atoms. The van der Waals surface area contributed by atoms with Crippen molar-refractivity contribution in [1.82, 2.24) is 4.98 Å². The topological polar surface area (TPSA) is 36.4 Å². The fourth-order valence-corrected chi connectivity index (χ4v) is 2.05. The molecule has 2 rings (SSSR count). The molecule has 1 saturated carbocycles. The van der Waals surface area contributed by atoms with Gasteiger partial charge in [0.2, 0.25) is 0 Å². The Kier molecular flexibility index (Phi) is 3.88. The number of aliphatic hydroxyl groups excluding tert-OH is 1. The molecule has 0 aromatic carbocycles. The van der Waals surface area contributed by atoms with E-state index in [1.165, 1.54) is 12.8 Å². The zero-order valence-electron chi connectivity index (χ0n) is 9.56. The van der Waals surface area contributed by atoms with Crippen LogP contribution in [0.2, 0.25) is 5.02 Å². The van der Waals surface area contributed by atoms with Crippen LogP contribution in [0.15, 0.2) is 12.3 Å². The van der Waals surface area contributed by atoms with Crippen LogP contribution < -0.4 is 4.90 Å². The van der Waals surface area contributed by atoms with Crippen molar-refractivity contribution in [3.05, 3.63) is 22.8 Å². The van der Waals surface area contributed by atoms with Gasteiger partial charge in [0.1, 0.15) is 5.82 Å². The molecule has 17 heavy (non-hydrogen) atoms. The number of terminal acetylenes is 1. The van der Waals surface area contributed by atoms with Crippen LogP contribution in [-0.2, 0) is 6.61 Å². The van der Waals surface area contributed by atoms with E-state index in [4.69, 9.17) is 23.1 Å². The number of hydrogen-bond acceptors (Lipinski definition) is 3. The number of aromatic nitrogens is 1. The first-order valence-electron chi connectivity index (χ1n) is 5.68. The van der Waals surface area contributed by atoms with Crippen molar-refractivity contribution in [1.29, 1.82) is 0 Å². The molecule has 4 heteroatoms. The van der Waals surface area contributed by atoms with E-state index in [1.54, 1.807) is 12.3 Å². The largest absolute Gasteiger partial charge is 0.392 e. The maximum absolute atomic E-state index is 9.01. The molecule has 1 aliphatic rings. The first-order valence-corrected chi connectivity index (χ1v) is 6.06. The van der Waals surface area contributed by atoms with Crippen molar-refractivity contribution in [2.24, 2.45) is 5.92 Å². The van der Waals surface area contributed by atoms with E-state index in [0.717, 1.165) is 12.5 Å². The van der Waals surface area contributed by atoms with E-state index in [1.807, 2.05) is 4.90 Å². The number of nitrogens with zero attached hydrogens (tertiary/aromatic N) is 2. The highest BCUT2D eigenvalue weighted by Crippen LogP contribution is 2.32. The van der Waals surface area contributed by atoms with Gasteiger partial charge in [-0.2, -0.15) is 0 Å². The summed E-state index contributed by atoms with van der Waals surface area (Å²) >= 11 is 6.16. The number of pyridine rings is 1. The van der Waals surface area contributed by atoms with Gasteiger partial charge < -0.3 is 10.0 Å². The Morgan fingerprint density at radius 1 is 1.59 bits per heavy atom. The molecule has 1 N–H and O–H groups in total. The minimum absolute atomic E-state index is 0.0508. The monoisotopic (exact) mass is 250 g/mol. The molecule has 0 saturated heterocycles. The van der Waals surface area contributed by atoms with Gasteiger partial charge in [-0.25, -0.2) is 4.98 Å². The molecule has 1 fully saturated rings. The molecular weight excluding hydrogens is 236 g/mol. The summed E-state index contributed by atoms with van der Waals surface area (Å²) in [4.78, 5) is 6.32.